The van der Waals surface area contributed by atoms with Gasteiger partial charge in [-0.05, 0) is 81.3 Å². The Labute approximate surface area is 342 Å². The highest BCUT2D eigenvalue weighted by molar-refractivity contribution is 6.19. The molecule has 4 heteroatoms. The van der Waals surface area contributed by atoms with Crippen LogP contribution in [-0.2, 0) is 5.41 Å². The molecule has 0 amide bonds. The highest BCUT2D eigenvalue weighted by Crippen LogP contribution is 2.62. The molecule has 1 aliphatic heterocycles. The van der Waals surface area contributed by atoms with Crippen molar-refractivity contribution in [2.75, 3.05) is 0 Å². The molecule has 0 unspecified atom stereocenters. The lowest BCUT2D eigenvalue weighted by Gasteiger charge is -2.36. The van der Waals surface area contributed by atoms with Gasteiger partial charge in [0, 0.05) is 44.0 Å². The van der Waals surface area contributed by atoms with Crippen LogP contribution < -0.4 is 0 Å². The Morgan fingerprint density at radius 2 is 1.05 bits per heavy atom. The summed E-state index contributed by atoms with van der Waals surface area (Å²) in [5.41, 5.74) is 17.3. The van der Waals surface area contributed by atoms with E-state index in [0.717, 1.165) is 29.5 Å². The van der Waals surface area contributed by atoms with Gasteiger partial charge < -0.3 is 4.57 Å². The van der Waals surface area contributed by atoms with Crippen LogP contribution >= 0.6 is 0 Å². The molecule has 13 rings (SSSR count). The number of benzene rings is 8. The highest BCUT2D eigenvalue weighted by atomic mass is 15.0. The Bertz CT molecular complexity index is 3350. The van der Waals surface area contributed by atoms with Gasteiger partial charge in [-0.25, -0.2) is 15.0 Å². The van der Waals surface area contributed by atoms with E-state index >= 15 is 0 Å². The third-order valence-corrected chi connectivity index (χ3v) is 13.6. The minimum absolute atomic E-state index is 0.0645. The Balaban J connectivity index is 1.06. The maximum Gasteiger partial charge on any atom is 0.164 e. The first-order valence-electron chi connectivity index (χ1n) is 21.0. The number of hydrogen-bond donors (Lipinski definition) is 0. The Morgan fingerprint density at radius 1 is 0.407 bits per heavy atom. The molecule has 0 saturated heterocycles. The normalized spacial score (nSPS) is 14.6. The van der Waals surface area contributed by atoms with Gasteiger partial charge in [-0.15, -0.1) is 0 Å². The average molecular weight is 755 g/mol. The van der Waals surface area contributed by atoms with Crippen LogP contribution in [0.1, 0.15) is 43.2 Å². The molecular formula is C55H38N4. The molecule has 3 heterocycles. The van der Waals surface area contributed by atoms with Gasteiger partial charge >= 0.3 is 0 Å². The molecule has 4 nitrogen and oxygen atoms in total. The summed E-state index contributed by atoms with van der Waals surface area (Å²) < 4.78 is 2.56. The van der Waals surface area contributed by atoms with Crippen LogP contribution in [0, 0.1) is 0 Å². The summed E-state index contributed by atoms with van der Waals surface area (Å²) in [7, 11) is 0. The summed E-state index contributed by atoms with van der Waals surface area (Å²) in [6.07, 6.45) is 6.01. The summed E-state index contributed by atoms with van der Waals surface area (Å²) in [4.78, 5) is 15.8. The molecular weight excluding hydrogens is 717 g/mol. The third-order valence-electron chi connectivity index (χ3n) is 13.6. The predicted molar refractivity (Wildman–Crippen MR) is 242 cm³/mol. The molecule has 8 aromatic carbocycles. The van der Waals surface area contributed by atoms with Crippen LogP contribution in [0.4, 0.5) is 0 Å². The van der Waals surface area contributed by atoms with Gasteiger partial charge in [-0.3, -0.25) is 0 Å². The van der Waals surface area contributed by atoms with Crippen molar-refractivity contribution in [3.05, 3.63) is 181 Å². The number of rotatable bonds is 4. The molecule has 0 bridgehead atoms. The lowest BCUT2D eigenvalue weighted by molar-refractivity contribution is 0.353. The van der Waals surface area contributed by atoms with Crippen molar-refractivity contribution in [3.8, 4) is 73.2 Å². The van der Waals surface area contributed by atoms with Crippen molar-refractivity contribution in [1.29, 1.82) is 0 Å². The van der Waals surface area contributed by atoms with Crippen LogP contribution in [0.15, 0.2) is 170 Å². The van der Waals surface area contributed by atoms with Crippen LogP contribution in [0.2, 0.25) is 0 Å². The topological polar surface area (TPSA) is 43.6 Å². The molecule has 0 radical (unpaired) electrons. The molecule has 1 spiro atoms. The van der Waals surface area contributed by atoms with Gasteiger partial charge in [-0.2, -0.15) is 0 Å². The molecule has 0 atom stereocenters. The lowest BCUT2D eigenvalue weighted by atomic mass is 9.67. The summed E-state index contributed by atoms with van der Waals surface area (Å²) >= 11 is 0. The van der Waals surface area contributed by atoms with Crippen molar-refractivity contribution in [2.45, 2.75) is 37.5 Å². The fraction of sp³-hybridized carbons (Fsp3) is 0.109. The number of hydrogen-bond acceptors (Lipinski definition) is 3. The van der Waals surface area contributed by atoms with E-state index in [4.69, 9.17) is 15.0 Å². The molecule has 278 valence electrons. The van der Waals surface area contributed by atoms with Crippen molar-refractivity contribution in [1.82, 2.24) is 19.5 Å². The van der Waals surface area contributed by atoms with Crippen LogP contribution in [0.25, 0.3) is 106 Å². The van der Waals surface area contributed by atoms with Crippen LogP contribution in [-0.4, -0.2) is 19.5 Å². The quantitative estimate of drug-likeness (QED) is 0.180. The van der Waals surface area contributed by atoms with E-state index in [0.29, 0.717) is 17.5 Å². The van der Waals surface area contributed by atoms with Gasteiger partial charge in [0.25, 0.3) is 0 Å². The van der Waals surface area contributed by atoms with Gasteiger partial charge in [0.15, 0.2) is 17.5 Å². The maximum atomic E-state index is 5.37. The number of aromatic nitrogens is 4. The van der Waals surface area contributed by atoms with E-state index < -0.39 is 0 Å². The lowest BCUT2D eigenvalue weighted by Crippen LogP contribution is -2.28. The summed E-state index contributed by atoms with van der Waals surface area (Å²) in [5, 5.41) is 5.11. The second-order valence-electron chi connectivity index (χ2n) is 16.6. The number of nitrogens with zero attached hydrogens (tertiary/aromatic N) is 4. The second kappa shape index (κ2) is 12.4. The molecule has 0 N–H and O–H groups in total. The van der Waals surface area contributed by atoms with E-state index in [1.165, 1.54) is 102 Å². The zero-order valence-electron chi connectivity index (χ0n) is 32.5. The fourth-order valence-electron chi connectivity index (χ4n) is 11.0. The Kier molecular flexibility index (Phi) is 6.92. The van der Waals surface area contributed by atoms with Crippen LogP contribution in [0.5, 0.6) is 0 Å². The molecule has 10 aromatic rings. The molecule has 3 aliphatic rings. The van der Waals surface area contributed by atoms with Gasteiger partial charge in [0.1, 0.15) is 0 Å². The van der Waals surface area contributed by atoms with E-state index in [9.17, 15) is 0 Å². The van der Waals surface area contributed by atoms with Gasteiger partial charge in [0.2, 0.25) is 0 Å². The molecule has 59 heavy (non-hydrogen) atoms. The van der Waals surface area contributed by atoms with Gasteiger partial charge in [0.05, 0.1) is 16.7 Å². The third kappa shape index (κ3) is 4.69. The molecule has 2 aromatic heterocycles. The van der Waals surface area contributed by atoms with Gasteiger partial charge in [-0.1, -0.05) is 165 Å². The first-order valence-corrected chi connectivity index (χ1v) is 21.0. The van der Waals surface area contributed by atoms with E-state index in [1.807, 2.05) is 6.07 Å². The standard InChI is InChI=1S/C55H38N4/c1-3-15-36(16-4-1)52-56-53(37-26-24-35(25-27-37)40-21-13-17-34-14-5-6-18-39(34)40)58-54(57-52)38-32-44-42-20-8-10-23-48(42)59-47-22-9-7-19-41(47)43-28-29-45-50(51(43)59)49(44)46(33-38)55(45)30-11-2-12-31-55/h1,3-10,13-29,32-33H,2,11-12,30-31H2. The van der Waals surface area contributed by atoms with Crippen molar-refractivity contribution >= 4 is 32.6 Å². The average Bonchev–Trinajstić information content (AvgIpc) is 3.73. The van der Waals surface area contributed by atoms with E-state index in [2.05, 4.69) is 168 Å². The second-order valence-corrected chi connectivity index (χ2v) is 16.6. The molecule has 2 aliphatic carbocycles. The first kappa shape index (κ1) is 32.9. The first-order chi connectivity index (χ1) is 29.2. The fourth-order valence-corrected chi connectivity index (χ4v) is 11.0. The zero-order valence-corrected chi connectivity index (χ0v) is 32.5. The minimum Gasteiger partial charge on any atom is -0.308 e. The Hall–Kier alpha value is -7.17. The monoisotopic (exact) mass is 754 g/mol. The SMILES string of the molecule is c1ccc(-c2nc(-c3ccc(-c4cccc5ccccc45)cc3)nc(-c3cc4c5c(c3)C3(CCCCC3)c3ccc6c7ccccc7n(c6c3-5)-c3ccccc3-4)n2)cc1. The molecule has 1 saturated carbocycles. The maximum absolute atomic E-state index is 5.37. The largest absolute Gasteiger partial charge is 0.308 e. The van der Waals surface area contributed by atoms with Crippen molar-refractivity contribution in [2.24, 2.45) is 0 Å². The van der Waals surface area contributed by atoms with E-state index in [1.54, 1.807) is 0 Å². The minimum atomic E-state index is -0.0645. The van der Waals surface area contributed by atoms with Crippen LogP contribution in [0.3, 0.4) is 0 Å². The zero-order chi connectivity index (χ0) is 38.7. The van der Waals surface area contributed by atoms with Crippen molar-refractivity contribution < 1.29 is 0 Å². The summed E-state index contributed by atoms with van der Waals surface area (Å²) in [6, 6.07) is 61.8. The van der Waals surface area contributed by atoms with E-state index in [-0.39, 0.29) is 5.41 Å². The predicted octanol–water partition coefficient (Wildman–Crippen LogP) is 14.0. The van der Waals surface area contributed by atoms with Crippen molar-refractivity contribution in [3.63, 3.8) is 0 Å². The molecule has 1 fully saturated rings. The smallest absolute Gasteiger partial charge is 0.164 e. The number of para-hydroxylation sites is 2. The summed E-state index contributed by atoms with van der Waals surface area (Å²) in [5.74, 6) is 2.05. The Morgan fingerprint density at radius 3 is 1.88 bits per heavy atom. The summed E-state index contributed by atoms with van der Waals surface area (Å²) in [6.45, 7) is 0. The number of fused-ring (bicyclic) bond motifs is 9. The highest BCUT2D eigenvalue weighted by Gasteiger charge is 2.47.